The first-order valence-corrected chi connectivity index (χ1v) is 10.4. The van der Waals surface area contributed by atoms with E-state index in [0.29, 0.717) is 37.4 Å². The lowest BCUT2D eigenvalue weighted by Gasteiger charge is -2.36. The molecule has 0 saturated carbocycles. The number of para-hydroxylation sites is 2. The molecule has 1 amide bonds. The van der Waals surface area contributed by atoms with E-state index in [9.17, 15) is 9.90 Å². The highest BCUT2D eigenvalue weighted by molar-refractivity contribution is 7.13. The molecule has 0 radical (unpaired) electrons. The van der Waals surface area contributed by atoms with Gasteiger partial charge in [-0.2, -0.15) is 0 Å². The quantitative estimate of drug-likeness (QED) is 0.690. The van der Waals surface area contributed by atoms with E-state index in [0.717, 1.165) is 16.3 Å². The molecule has 4 rings (SSSR count). The molecule has 3 heterocycles. The third kappa shape index (κ3) is 3.73. The Labute approximate surface area is 173 Å². The number of amides is 1. The van der Waals surface area contributed by atoms with E-state index in [1.54, 1.807) is 18.9 Å². The Morgan fingerprint density at radius 2 is 1.97 bits per heavy atom. The molecule has 0 spiro atoms. The number of carbonyl (C=O) groups excluding carboxylic acids is 1. The van der Waals surface area contributed by atoms with Crippen molar-refractivity contribution in [1.82, 2.24) is 10.1 Å². The van der Waals surface area contributed by atoms with Gasteiger partial charge in [-0.25, -0.2) is 0 Å². The number of hydrogen-bond donors (Lipinski definition) is 1. The number of thiophene rings is 1. The Bertz CT molecular complexity index is 976. The van der Waals surface area contributed by atoms with Crippen molar-refractivity contribution in [3.8, 4) is 16.3 Å². The third-order valence-corrected chi connectivity index (χ3v) is 5.94. The number of piperazine rings is 1. The van der Waals surface area contributed by atoms with Crippen LogP contribution in [0.25, 0.3) is 10.6 Å². The molecule has 0 bridgehead atoms. The van der Waals surface area contributed by atoms with E-state index >= 15 is 0 Å². The summed E-state index contributed by atoms with van der Waals surface area (Å²) in [6.45, 7) is 4.08. The van der Waals surface area contributed by atoms with Gasteiger partial charge in [-0.1, -0.05) is 23.4 Å². The van der Waals surface area contributed by atoms with Crippen LogP contribution in [0.3, 0.4) is 0 Å². The number of carbonyl (C=O) groups is 1. The second-order valence-electron chi connectivity index (χ2n) is 6.87. The standard InChI is InChI=1S/C21H23N3O4S/c1-14(25)20-18(19(22-28-20)17-8-5-13-29-17)21(26)24-11-9-23(10-12-24)15-6-3-4-7-16(15)27-2/h3-8,13-14,25H,9-12H2,1-2H3/t14-/m0/s1. The van der Waals surface area contributed by atoms with Gasteiger partial charge in [0.2, 0.25) is 0 Å². The summed E-state index contributed by atoms with van der Waals surface area (Å²) < 4.78 is 10.8. The highest BCUT2D eigenvalue weighted by Gasteiger charge is 2.32. The summed E-state index contributed by atoms with van der Waals surface area (Å²) >= 11 is 1.48. The minimum absolute atomic E-state index is 0.162. The van der Waals surface area contributed by atoms with Crippen LogP contribution < -0.4 is 9.64 Å². The van der Waals surface area contributed by atoms with Crippen LogP contribution in [0.4, 0.5) is 5.69 Å². The van der Waals surface area contributed by atoms with E-state index in [4.69, 9.17) is 9.26 Å². The molecule has 1 atom stereocenters. The number of aliphatic hydroxyl groups is 1. The zero-order chi connectivity index (χ0) is 20.4. The smallest absolute Gasteiger partial charge is 0.260 e. The van der Waals surface area contributed by atoms with Crippen molar-refractivity contribution in [2.24, 2.45) is 0 Å². The minimum atomic E-state index is -0.912. The van der Waals surface area contributed by atoms with Crippen molar-refractivity contribution in [1.29, 1.82) is 0 Å². The Morgan fingerprint density at radius 3 is 2.62 bits per heavy atom. The molecular formula is C21H23N3O4S. The van der Waals surface area contributed by atoms with Gasteiger partial charge in [0.25, 0.3) is 5.91 Å². The second kappa shape index (κ2) is 8.26. The lowest BCUT2D eigenvalue weighted by atomic mass is 10.1. The van der Waals surface area contributed by atoms with Gasteiger partial charge < -0.3 is 24.2 Å². The molecular weight excluding hydrogens is 390 g/mol. The monoisotopic (exact) mass is 413 g/mol. The molecule has 1 aromatic carbocycles. The lowest BCUT2D eigenvalue weighted by molar-refractivity contribution is 0.0735. The van der Waals surface area contributed by atoms with Crippen LogP contribution in [-0.4, -0.2) is 54.4 Å². The Hall–Kier alpha value is -2.84. The third-order valence-electron chi connectivity index (χ3n) is 5.06. The van der Waals surface area contributed by atoms with Gasteiger partial charge in [-0.3, -0.25) is 4.79 Å². The molecule has 0 unspecified atom stereocenters. The molecule has 152 valence electrons. The predicted molar refractivity (Wildman–Crippen MR) is 112 cm³/mol. The van der Waals surface area contributed by atoms with Crippen LogP contribution >= 0.6 is 11.3 Å². The zero-order valence-corrected chi connectivity index (χ0v) is 17.2. The number of anilines is 1. The topological polar surface area (TPSA) is 79.0 Å². The van der Waals surface area contributed by atoms with Gasteiger partial charge in [0.15, 0.2) is 5.76 Å². The van der Waals surface area contributed by atoms with Gasteiger partial charge in [0.05, 0.1) is 17.7 Å². The highest BCUT2D eigenvalue weighted by atomic mass is 32.1. The highest BCUT2D eigenvalue weighted by Crippen LogP contribution is 2.33. The van der Waals surface area contributed by atoms with Gasteiger partial charge in [-0.05, 0) is 30.5 Å². The fraction of sp³-hybridized carbons (Fsp3) is 0.333. The normalized spacial score (nSPS) is 15.4. The second-order valence-corrected chi connectivity index (χ2v) is 7.82. The fourth-order valence-corrected chi connectivity index (χ4v) is 4.29. The summed E-state index contributed by atoms with van der Waals surface area (Å²) in [4.78, 5) is 18.2. The maximum absolute atomic E-state index is 13.3. The number of rotatable bonds is 5. The zero-order valence-electron chi connectivity index (χ0n) is 16.4. The maximum Gasteiger partial charge on any atom is 0.260 e. The summed E-state index contributed by atoms with van der Waals surface area (Å²) in [5, 5.41) is 16.1. The summed E-state index contributed by atoms with van der Waals surface area (Å²) in [6, 6.07) is 11.7. The van der Waals surface area contributed by atoms with Gasteiger partial charge in [0.1, 0.15) is 23.1 Å². The average Bonchev–Trinajstić information content (AvgIpc) is 3.43. The van der Waals surface area contributed by atoms with Crippen molar-refractivity contribution in [2.45, 2.75) is 13.0 Å². The van der Waals surface area contributed by atoms with E-state index in [1.807, 2.05) is 41.8 Å². The van der Waals surface area contributed by atoms with E-state index in [2.05, 4.69) is 10.1 Å². The fourth-order valence-electron chi connectivity index (χ4n) is 3.58. The van der Waals surface area contributed by atoms with Crippen LogP contribution in [0.5, 0.6) is 5.75 Å². The summed E-state index contributed by atoms with van der Waals surface area (Å²) in [5.41, 5.74) is 1.87. The molecule has 1 N–H and O–H groups in total. The average molecular weight is 413 g/mol. The van der Waals surface area contributed by atoms with Crippen LogP contribution in [-0.2, 0) is 0 Å². The molecule has 29 heavy (non-hydrogen) atoms. The van der Waals surface area contributed by atoms with Crippen molar-refractivity contribution < 1.29 is 19.2 Å². The van der Waals surface area contributed by atoms with Crippen molar-refractivity contribution >= 4 is 22.9 Å². The Morgan fingerprint density at radius 1 is 1.21 bits per heavy atom. The molecule has 1 saturated heterocycles. The van der Waals surface area contributed by atoms with E-state index in [-0.39, 0.29) is 11.7 Å². The van der Waals surface area contributed by atoms with Gasteiger partial charge in [-0.15, -0.1) is 11.3 Å². The first-order chi connectivity index (χ1) is 14.1. The number of aromatic nitrogens is 1. The Kier molecular flexibility index (Phi) is 5.55. The SMILES string of the molecule is COc1ccccc1N1CCN(C(=O)c2c(-c3cccs3)noc2[C@H](C)O)CC1. The van der Waals surface area contributed by atoms with Crippen molar-refractivity contribution in [3.63, 3.8) is 0 Å². The van der Waals surface area contributed by atoms with E-state index < -0.39 is 6.10 Å². The maximum atomic E-state index is 13.3. The van der Waals surface area contributed by atoms with Gasteiger partial charge >= 0.3 is 0 Å². The van der Waals surface area contributed by atoms with Crippen molar-refractivity contribution in [2.75, 3.05) is 38.2 Å². The van der Waals surface area contributed by atoms with E-state index in [1.165, 1.54) is 11.3 Å². The first kappa shape index (κ1) is 19.5. The number of hydrogen-bond acceptors (Lipinski definition) is 7. The molecule has 1 fully saturated rings. The number of nitrogens with zero attached hydrogens (tertiary/aromatic N) is 3. The predicted octanol–water partition coefficient (Wildman–Crippen LogP) is 3.43. The lowest BCUT2D eigenvalue weighted by Crippen LogP contribution is -2.49. The molecule has 1 aliphatic heterocycles. The molecule has 7 nitrogen and oxygen atoms in total. The number of ether oxygens (including phenoxy) is 1. The van der Waals surface area contributed by atoms with Gasteiger partial charge in [0, 0.05) is 26.2 Å². The van der Waals surface area contributed by atoms with Crippen molar-refractivity contribution in [3.05, 3.63) is 53.1 Å². The largest absolute Gasteiger partial charge is 0.495 e. The summed E-state index contributed by atoms with van der Waals surface area (Å²) in [6.07, 6.45) is -0.912. The molecule has 0 aliphatic carbocycles. The Balaban J connectivity index is 1.55. The van der Waals surface area contributed by atoms with Crippen LogP contribution in [0.1, 0.15) is 29.1 Å². The first-order valence-electron chi connectivity index (χ1n) is 9.49. The molecule has 8 heteroatoms. The molecule has 2 aromatic heterocycles. The van der Waals surface area contributed by atoms with Crippen LogP contribution in [0, 0.1) is 0 Å². The summed E-state index contributed by atoms with van der Waals surface area (Å²) in [5.74, 6) is 0.874. The number of benzene rings is 1. The summed E-state index contributed by atoms with van der Waals surface area (Å²) in [7, 11) is 1.66. The number of methoxy groups -OCH3 is 1. The number of aliphatic hydroxyl groups excluding tert-OH is 1. The van der Waals surface area contributed by atoms with Crippen LogP contribution in [0.15, 0.2) is 46.3 Å². The molecule has 3 aromatic rings. The minimum Gasteiger partial charge on any atom is -0.495 e. The molecule has 1 aliphatic rings. The van der Waals surface area contributed by atoms with Crippen LogP contribution in [0.2, 0.25) is 0 Å².